The first kappa shape index (κ1) is 12.8. The van der Waals surface area contributed by atoms with E-state index in [1.165, 1.54) is 0 Å². The Kier molecular flexibility index (Phi) is 3.47. The van der Waals surface area contributed by atoms with Crippen LogP contribution in [0.15, 0.2) is 23.0 Å². The third kappa shape index (κ3) is 2.30. The SMILES string of the molecule is CCOC(=O)c1nc(-c2ccoc2)nc2c1CNCC2. The third-order valence-corrected chi connectivity index (χ3v) is 3.18. The van der Waals surface area contributed by atoms with Gasteiger partial charge < -0.3 is 14.5 Å². The van der Waals surface area contributed by atoms with E-state index in [0.29, 0.717) is 24.7 Å². The van der Waals surface area contributed by atoms with Gasteiger partial charge in [0.1, 0.15) is 6.26 Å². The van der Waals surface area contributed by atoms with Crippen LogP contribution in [0.2, 0.25) is 0 Å². The summed E-state index contributed by atoms with van der Waals surface area (Å²) in [4.78, 5) is 21.0. The molecule has 0 radical (unpaired) electrons. The molecular formula is C14H15N3O3. The summed E-state index contributed by atoms with van der Waals surface area (Å²) in [6.07, 6.45) is 3.90. The molecule has 0 atom stereocenters. The van der Waals surface area contributed by atoms with Gasteiger partial charge in [0, 0.05) is 25.1 Å². The highest BCUT2D eigenvalue weighted by Crippen LogP contribution is 2.22. The van der Waals surface area contributed by atoms with E-state index in [-0.39, 0.29) is 0 Å². The van der Waals surface area contributed by atoms with Gasteiger partial charge in [-0.3, -0.25) is 0 Å². The number of furan rings is 1. The summed E-state index contributed by atoms with van der Waals surface area (Å²) in [5.74, 6) is 0.0991. The molecular weight excluding hydrogens is 258 g/mol. The number of hydrogen-bond donors (Lipinski definition) is 1. The molecule has 0 bridgehead atoms. The van der Waals surface area contributed by atoms with Gasteiger partial charge in [-0.05, 0) is 13.0 Å². The lowest BCUT2D eigenvalue weighted by Gasteiger charge is -2.19. The minimum Gasteiger partial charge on any atom is -0.472 e. The van der Waals surface area contributed by atoms with Crippen molar-refractivity contribution >= 4 is 5.97 Å². The first-order chi connectivity index (χ1) is 9.79. The molecule has 6 heteroatoms. The quantitative estimate of drug-likeness (QED) is 0.855. The predicted molar refractivity (Wildman–Crippen MR) is 71.1 cm³/mol. The Morgan fingerprint density at radius 1 is 1.50 bits per heavy atom. The Labute approximate surface area is 116 Å². The summed E-state index contributed by atoms with van der Waals surface area (Å²) in [6, 6.07) is 1.78. The minimum atomic E-state index is -0.403. The zero-order valence-corrected chi connectivity index (χ0v) is 11.2. The number of aromatic nitrogens is 2. The van der Waals surface area contributed by atoms with Gasteiger partial charge in [0.15, 0.2) is 11.5 Å². The summed E-state index contributed by atoms with van der Waals surface area (Å²) >= 11 is 0. The zero-order chi connectivity index (χ0) is 13.9. The molecule has 0 aromatic carbocycles. The lowest BCUT2D eigenvalue weighted by molar-refractivity contribution is 0.0517. The molecule has 1 aliphatic rings. The molecule has 0 unspecified atom stereocenters. The number of fused-ring (bicyclic) bond motifs is 1. The molecule has 0 saturated carbocycles. The van der Waals surface area contributed by atoms with E-state index < -0.39 is 5.97 Å². The van der Waals surface area contributed by atoms with Gasteiger partial charge in [0.05, 0.1) is 24.1 Å². The highest BCUT2D eigenvalue weighted by atomic mass is 16.5. The summed E-state index contributed by atoms with van der Waals surface area (Å²) in [6.45, 7) is 3.54. The second-order valence-corrected chi connectivity index (χ2v) is 4.48. The van der Waals surface area contributed by atoms with Crippen LogP contribution < -0.4 is 5.32 Å². The number of esters is 1. The van der Waals surface area contributed by atoms with Crippen molar-refractivity contribution in [2.75, 3.05) is 13.2 Å². The molecule has 1 aliphatic heterocycles. The van der Waals surface area contributed by atoms with E-state index in [4.69, 9.17) is 9.15 Å². The highest BCUT2D eigenvalue weighted by molar-refractivity contribution is 5.89. The first-order valence-corrected chi connectivity index (χ1v) is 6.59. The van der Waals surface area contributed by atoms with E-state index >= 15 is 0 Å². The minimum absolute atomic E-state index is 0.325. The van der Waals surface area contributed by atoms with E-state index in [1.54, 1.807) is 25.5 Å². The van der Waals surface area contributed by atoms with Crippen molar-refractivity contribution in [3.05, 3.63) is 35.5 Å². The summed E-state index contributed by atoms with van der Waals surface area (Å²) < 4.78 is 10.1. The van der Waals surface area contributed by atoms with E-state index in [0.717, 1.165) is 29.8 Å². The van der Waals surface area contributed by atoms with Crippen molar-refractivity contribution in [3.63, 3.8) is 0 Å². The number of carbonyl (C=O) groups is 1. The molecule has 2 aromatic heterocycles. The van der Waals surface area contributed by atoms with Crippen LogP contribution in [-0.2, 0) is 17.7 Å². The van der Waals surface area contributed by atoms with Gasteiger partial charge >= 0.3 is 5.97 Å². The van der Waals surface area contributed by atoms with Crippen LogP contribution in [-0.4, -0.2) is 29.1 Å². The standard InChI is InChI=1S/C14H15N3O3/c1-2-20-14(18)12-10-7-15-5-3-11(10)16-13(17-12)9-4-6-19-8-9/h4,6,8,15H,2-3,5,7H2,1H3. The molecule has 20 heavy (non-hydrogen) atoms. The fraction of sp³-hybridized carbons (Fsp3) is 0.357. The van der Waals surface area contributed by atoms with E-state index in [2.05, 4.69) is 15.3 Å². The Bertz CT molecular complexity index is 623. The molecule has 3 heterocycles. The van der Waals surface area contributed by atoms with E-state index in [1.807, 2.05) is 0 Å². The molecule has 3 rings (SSSR count). The van der Waals surface area contributed by atoms with Crippen LogP contribution in [0, 0.1) is 0 Å². The van der Waals surface area contributed by atoms with Crippen LogP contribution in [0.1, 0.15) is 28.7 Å². The molecule has 1 N–H and O–H groups in total. The summed E-state index contributed by atoms with van der Waals surface area (Å²) in [7, 11) is 0. The molecule has 0 aliphatic carbocycles. The normalized spacial score (nSPS) is 13.8. The molecule has 0 fully saturated rings. The fourth-order valence-electron chi connectivity index (χ4n) is 2.23. The Hall–Kier alpha value is -2.21. The molecule has 104 valence electrons. The second-order valence-electron chi connectivity index (χ2n) is 4.48. The lowest BCUT2D eigenvalue weighted by atomic mass is 10.0. The molecule has 0 spiro atoms. The van der Waals surface area contributed by atoms with Crippen LogP contribution in [0.3, 0.4) is 0 Å². The fourth-order valence-corrected chi connectivity index (χ4v) is 2.23. The highest BCUT2D eigenvalue weighted by Gasteiger charge is 2.23. The topological polar surface area (TPSA) is 77.2 Å². The maximum Gasteiger partial charge on any atom is 0.357 e. The van der Waals surface area contributed by atoms with Crippen molar-refractivity contribution in [2.24, 2.45) is 0 Å². The Morgan fingerprint density at radius 3 is 3.15 bits per heavy atom. The van der Waals surface area contributed by atoms with Crippen molar-refractivity contribution < 1.29 is 13.9 Å². The number of rotatable bonds is 3. The average molecular weight is 273 g/mol. The number of ether oxygens (including phenoxy) is 1. The molecule has 6 nitrogen and oxygen atoms in total. The first-order valence-electron chi connectivity index (χ1n) is 6.59. The van der Waals surface area contributed by atoms with Crippen molar-refractivity contribution in [1.82, 2.24) is 15.3 Å². The maximum absolute atomic E-state index is 12.1. The van der Waals surface area contributed by atoms with E-state index in [9.17, 15) is 4.79 Å². The number of nitrogens with zero attached hydrogens (tertiary/aromatic N) is 2. The van der Waals surface area contributed by atoms with Crippen LogP contribution in [0.5, 0.6) is 0 Å². The van der Waals surface area contributed by atoms with Gasteiger partial charge in [-0.1, -0.05) is 0 Å². The van der Waals surface area contributed by atoms with Crippen molar-refractivity contribution in [1.29, 1.82) is 0 Å². The third-order valence-electron chi connectivity index (χ3n) is 3.18. The van der Waals surface area contributed by atoms with Crippen molar-refractivity contribution in [2.45, 2.75) is 19.9 Å². The molecule has 0 saturated heterocycles. The Morgan fingerprint density at radius 2 is 2.40 bits per heavy atom. The number of carbonyl (C=O) groups excluding carboxylic acids is 1. The molecule has 0 amide bonds. The predicted octanol–water partition coefficient (Wildman–Crippen LogP) is 1.56. The molecule has 2 aromatic rings. The van der Waals surface area contributed by atoms with Gasteiger partial charge in [0.25, 0.3) is 0 Å². The summed E-state index contributed by atoms with van der Waals surface area (Å²) in [5, 5.41) is 3.23. The monoisotopic (exact) mass is 273 g/mol. The average Bonchev–Trinajstić information content (AvgIpc) is 3.00. The smallest absolute Gasteiger partial charge is 0.357 e. The van der Waals surface area contributed by atoms with Crippen LogP contribution in [0.4, 0.5) is 0 Å². The Balaban J connectivity index is 2.10. The van der Waals surface area contributed by atoms with Gasteiger partial charge in [0.2, 0.25) is 0 Å². The largest absolute Gasteiger partial charge is 0.472 e. The van der Waals surface area contributed by atoms with Crippen molar-refractivity contribution in [3.8, 4) is 11.4 Å². The van der Waals surface area contributed by atoms with Gasteiger partial charge in [-0.15, -0.1) is 0 Å². The zero-order valence-electron chi connectivity index (χ0n) is 11.2. The lowest BCUT2D eigenvalue weighted by Crippen LogP contribution is -2.28. The maximum atomic E-state index is 12.1. The number of hydrogen-bond acceptors (Lipinski definition) is 6. The van der Waals surface area contributed by atoms with Crippen LogP contribution in [0.25, 0.3) is 11.4 Å². The summed E-state index contributed by atoms with van der Waals surface area (Å²) in [5.41, 5.74) is 2.84. The van der Waals surface area contributed by atoms with Crippen LogP contribution >= 0.6 is 0 Å². The second kappa shape index (κ2) is 5.42. The van der Waals surface area contributed by atoms with Gasteiger partial charge in [-0.25, -0.2) is 14.8 Å². The number of nitrogens with one attached hydrogen (secondary N) is 1. The van der Waals surface area contributed by atoms with Gasteiger partial charge in [-0.2, -0.15) is 0 Å².